The molecule has 0 heterocycles. The fourth-order valence-electron chi connectivity index (χ4n) is 3.19. The molecule has 0 aromatic carbocycles. The highest BCUT2D eigenvalue weighted by atomic mass is 16.7. The van der Waals surface area contributed by atoms with Crippen LogP contribution < -0.4 is 0 Å². The molecule has 0 aromatic heterocycles. The van der Waals surface area contributed by atoms with E-state index in [1.807, 2.05) is 6.92 Å². The normalized spacial score (nSPS) is 38.2. The van der Waals surface area contributed by atoms with Crippen LogP contribution in [0.1, 0.15) is 53.9 Å². The number of ether oxygens (including phenoxy) is 1. The summed E-state index contributed by atoms with van der Waals surface area (Å²) in [6.45, 7) is 10.0. The fraction of sp³-hybridized carbons (Fsp3) is 0.929. The van der Waals surface area contributed by atoms with Crippen molar-refractivity contribution in [1.29, 1.82) is 0 Å². The van der Waals surface area contributed by atoms with E-state index in [0.29, 0.717) is 18.3 Å². The first kappa shape index (κ1) is 14.5. The first-order valence-corrected chi connectivity index (χ1v) is 6.77. The highest BCUT2D eigenvalue weighted by molar-refractivity contribution is 5.69. The predicted molar refractivity (Wildman–Crippen MR) is 67.2 cm³/mol. The molecule has 4 atom stereocenters. The van der Waals surface area contributed by atoms with Gasteiger partial charge in [-0.2, -0.15) is 0 Å². The van der Waals surface area contributed by atoms with Crippen molar-refractivity contribution in [2.75, 3.05) is 0 Å². The molecule has 0 saturated heterocycles. The lowest BCUT2D eigenvalue weighted by atomic mass is 9.66. The van der Waals surface area contributed by atoms with E-state index < -0.39 is 5.79 Å². The minimum Gasteiger partial charge on any atom is -0.433 e. The average molecular weight is 242 g/mol. The van der Waals surface area contributed by atoms with Gasteiger partial charge < -0.3 is 9.84 Å². The van der Waals surface area contributed by atoms with Crippen LogP contribution >= 0.6 is 0 Å². The summed E-state index contributed by atoms with van der Waals surface area (Å²) in [6.07, 6.45) is 2.32. The maximum absolute atomic E-state index is 11.5. The van der Waals surface area contributed by atoms with Gasteiger partial charge in [0, 0.05) is 18.3 Å². The summed E-state index contributed by atoms with van der Waals surface area (Å²) in [4.78, 5) is 11.5. The van der Waals surface area contributed by atoms with Crippen LogP contribution in [-0.4, -0.2) is 16.9 Å². The van der Waals surface area contributed by atoms with Crippen molar-refractivity contribution in [3.63, 3.8) is 0 Å². The van der Waals surface area contributed by atoms with E-state index in [9.17, 15) is 9.90 Å². The zero-order valence-electron chi connectivity index (χ0n) is 11.7. The molecule has 0 radical (unpaired) electrons. The molecule has 0 aliphatic heterocycles. The summed E-state index contributed by atoms with van der Waals surface area (Å²) in [6, 6.07) is 0. The highest BCUT2D eigenvalue weighted by Gasteiger charge is 2.51. The molecule has 4 unspecified atom stereocenters. The van der Waals surface area contributed by atoms with Crippen LogP contribution in [0.25, 0.3) is 0 Å². The average Bonchev–Trinajstić information content (AvgIpc) is 2.23. The number of hydrogen-bond donors (Lipinski definition) is 1. The Bertz CT molecular complexity index is 275. The Hall–Kier alpha value is -0.570. The Labute approximate surface area is 105 Å². The van der Waals surface area contributed by atoms with Gasteiger partial charge in [0.05, 0.1) is 0 Å². The van der Waals surface area contributed by atoms with Gasteiger partial charge in [-0.1, -0.05) is 34.6 Å². The number of hydrogen-bond acceptors (Lipinski definition) is 3. The van der Waals surface area contributed by atoms with E-state index in [0.717, 1.165) is 12.8 Å². The van der Waals surface area contributed by atoms with Gasteiger partial charge in [-0.3, -0.25) is 4.79 Å². The molecule has 17 heavy (non-hydrogen) atoms. The van der Waals surface area contributed by atoms with Gasteiger partial charge in [-0.25, -0.2) is 0 Å². The molecule has 1 N–H and O–H groups in total. The van der Waals surface area contributed by atoms with Crippen LogP contribution in [-0.2, 0) is 9.53 Å². The van der Waals surface area contributed by atoms with Crippen LogP contribution in [0.4, 0.5) is 0 Å². The lowest BCUT2D eigenvalue weighted by molar-refractivity contribution is -0.281. The topological polar surface area (TPSA) is 46.5 Å². The van der Waals surface area contributed by atoms with Crippen LogP contribution in [0.3, 0.4) is 0 Å². The summed E-state index contributed by atoms with van der Waals surface area (Å²) < 4.78 is 5.40. The van der Waals surface area contributed by atoms with Gasteiger partial charge >= 0.3 is 5.97 Å². The maximum atomic E-state index is 11.5. The number of carbonyl (C=O) groups is 1. The van der Waals surface area contributed by atoms with E-state index in [-0.39, 0.29) is 17.8 Å². The molecule has 0 bridgehead atoms. The molecule has 1 aliphatic carbocycles. The van der Waals surface area contributed by atoms with Gasteiger partial charge in [0.25, 0.3) is 0 Å². The van der Waals surface area contributed by atoms with Gasteiger partial charge in [0.2, 0.25) is 5.79 Å². The summed E-state index contributed by atoms with van der Waals surface area (Å²) in [5, 5.41) is 10.8. The van der Waals surface area contributed by atoms with E-state index in [4.69, 9.17) is 4.74 Å². The third kappa shape index (κ3) is 2.82. The third-order valence-corrected chi connectivity index (χ3v) is 4.14. The molecular weight excluding hydrogens is 216 g/mol. The quantitative estimate of drug-likeness (QED) is 0.611. The standard InChI is InChI=1S/C14H26O3/c1-6-12(15)17-14(16)11(5)8-7-10(4)13(14)9(2)3/h9-11,13,16H,6-8H2,1-5H3. The third-order valence-electron chi connectivity index (χ3n) is 4.14. The lowest BCUT2D eigenvalue weighted by Crippen LogP contribution is -2.55. The van der Waals surface area contributed by atoms with Crippen molar-refractivity contribution in [3.8, 4) is 0 Å². The summed E-state index contributed by atoms with van der Waals surface area (Å²) in [5.41, 5.74) is 0. The van der Waals surface area contributed by atoms with Crippen LogP contribution in [0, 0.1) is 23.7 Å². The minimum atomic E-state index is -1.28. The monoisotopic (exact) mass is 242 g/mol. The largest absolute Gasteiger partial charge is 0.433 e. The Morgan fingerprint density at radius 2 is 2.00 bits per heavy atom. The lowest BCUT2D eigenvalue weighted by Gasteiger charge is -2.48. The SMILES string of the molecule is CCC(=O)OC1(O)C(C)CCC(C)C1C(C)C. The molecular formula is C14H26O3. The second-order valence-corrected chi connectivity index (χ2v) is 5.80. The van der Waals surface area contributed by atoms with Crippen LogP contribution in [0.15, 0.2) is 0 Å². The zero-order valence-corrected chi connectivity index (χ0v) is 11.7. The Morgan fingerprint density at radius 3 is 2.47 bits per heavy atom. The predicted octanol–water partition coefficient (Wildman–Crippen LogP) is 2.97. The van der Waals surface area contributed by atoms with Crippen LogP contribution in [0.5, 0.6) is 0 Å². The number of rotatable bonds is 3. The van der Waals surface area contributed by atoms with Crippen molar-refractivity contribution in [2.24, 2.45) is 23.7 Å². The Morgan fingerprint density at radius 1 is 1.41 bits per heavy atom. The van der Waals surface area contributed by atoms with Crippen molar-refractivity contribution in [1.82, 2.24) is 0 Å². The van der Waals surface area contributed by atoms with Crippen molar-refractivity contribution in [2.45, 2.75) is 59.7 Å². The molecule has 1 fully saturated rings. The number of carbonyl (C=O) groups excluding carboxylic acids is 1. The molecule has 3 nitrogen and oxygen atoms in total. The smallest absolute Gasteiger partial charge is 0.308 e. The molecule has 1 saturated carbocycles. The van der Waals surface area contributed by atoms with Crippen LogP contribution in [0.2, 0.25) is 0 Å². The summed E-state index contributed by atoms with van der Waals surface area (Å²) in [7, 11) is 0. The minimum absolute atomic E-state index is 0.0154. The molecule has 3 heteroatoms. The van der Waals surface area contributed by atoms with E-state index in [2.05, 4.69) is 20.8 Å². The first-order valence-electron chi connectivity index (χ1n) is 6.77. The maximum Gasteiger partial charge on any atom is 0.308 e. The van der Waals surface area contributed by atoms with Crippen molar-refractivity contribution < 1.29 is 14.6 Å². The Balaban J connectivity index is 2.97. The molecule has 1 rings (SSSR count). The molecule has 100 valence electrons. The second kappa shape index (κ2) is 5.38. The summed E-state index contributed by atoms with van der Waals surface area (Å²) in [5.74, 6) is -0.843. The second-order valence-electron chi connectivity index (χ2n) is 5.80. The summed E-state index contributed by atoms with van der Waals surface area (Å²) >= 11 is 0. The van der Waals surface area contributed by atoms with Gasteiger partial charge in [-0.05, 0) is 24.7 Å². The Kier molecular flexibility index (Phi) is 4.59. The number of aliphatic hydroxyl groups is 1. The zero-order chi connectivity index (χ0) is 13.2. The van der Waals surface area contributed by atoms with Gasteiger partial charge in [-0.15, -0.1) is 0 Å². The molecule has 0 spiro atoms. The van der Waals surface area contributed by atoms with Crippen molar-refractivity contribution >= 4 is 5.97 Å². The highest BCUT2D eigenvalue weighted by Crippen LogP contribution is 2.46. The fourth-order valence-corrected chi connectivity index (χ4v) is 3.19. The van der Waals surface area contributed by atoms with E-state index >= 15 is 0 Å². The van der Waals surface area contributed by atoms with Gasteiger partial charge in [0.15, 0.2) is 0 Å². The number of esters is 1. The first-order chi connectivity index (χ1) is 7.82. The van der Waals surface area contributed by atoms with Crippen molar-refractivity contribution in [3.05, 3.63) is 0 Å². The molecule has 1 aliphatic rings. The molecule has 0 amide bonds. The van der Waals surface area contributed by atoms with Gasteiger partial charge in [0.1, 0.15) is 0 Å². The molecule has 0 aromatic rings. The van der Waals surface area contributed by atoms with E-state index in [1.165, 1.54) is 0 Å². The van der Waals surface area contributed by atoms with E-state index in [1.54, 1.807) is 6.92 Å².